The first-order chi connectivity index (χ1) is 14.3. The zero-order chi connectivity index (χ0) is 20.1. The molecule has 3 nitrogen and oxygen atoms in total. The molecule has 148 valence electrons. The van der Waals surface area contributed by atoms with Gasteiger partial charge in [0.1, 0.15) is 0 Å². The molecule has 1 aliphatic rings. The maximum atomic E-state index is 12.2. The van der Waals surface area contributed by atoms with Crippen molar-refractivity contribution in [1.82, 2.24) is 9.80 Å². The van der Waals surface area contributed by atoms with E-state index in [0.29, 0.717) is 6.42 Å². The number of amides is 1. The summed E-state index contributed by atoms with van der Waals surface area (Å²) >= 11 is 0. The monoisotopic (exact) mass is 384 g/mol. The molecule has 1 saturated heterocycles. The number of carbonyl (C=O) groups excluding carboxylic acids is 1. The van der Waals surface area contributed by atoms with Crippen molar-refractivity contribution in [3.63, 3.8) is 0 Å². The molecular formula is C26H28N2O. The molecule has 0 aliphatic carbocycles. The number of hydrogen-bond donors (Lipinski definition) is 0. The third-order valence-corrected chi connectivity index (χ3v) is 5.98. The maximum absolute atomic E-state index is 12.2. The molecule has 29 heavy (non-hydrogen) atoms. The fraction of sp³-hybridized carbons (Fsp3) is 0.269. The number of nitrogens with zero attached hydrogens (tertiary/aromatic N) is 2. The van der Waals surface area contributed by atoms with E-state index in [1.165, 1.54) is 16.7 Å². The zero-order valence-electron chi connectivity index (χ0n) is 17.0. The van der Waals surface area contributed by atoms with E-state index in [4.69, 9.17) is 0 Å². The van der Waals surface area contributed by atoms with Crippen LogP contribution < -0.4 is 0 Å². The summed E-state index contributed by atoms with van der Waals surface area (Å²) in [6, 6.07) is 32.3. The molecule has 3 aromatic carbocycles. The van der Waals surface area contributed by atoms with Gasteiger partial charge in [0, 0.05) is 32.6 Å². The molecule has 3 heteroatoms. The van der Waals surface area contributed by atoms with Crippen molar-refractivity contribution in [2.24, 2.45) is 0 Å². The Bertz CT molecular complexity index is 820. The predicted molar refractivity (Wildman–Crippen MR) is 118 cm³/mol. The second kappa shape index (κ2) is 8.62. The molecule has 3 aromatic rings. The smallest absolute Gasteiger partial charge is 0.222 e. The van der Waals surface area contributed by atoms with Gasteiger partial charge in [-0.15, -0.1) is 0 Å². The molecular weight excluding hydrogens is 356 g/mol. The lowest BCUT2D eigenvalue weighted by atomic mass is 9.75. The normalized spacial score (nSPS) is 15.3. The third kappa shape index (κ3) is 3.58. The molecule has 1 heterocycles. The van der Waals surface area contributed by atoms with Crippen LogP contribution in [0.25, 0.3) is 0 Å². The van der Waals surface area contributed by atoms with Crippen molar-refractivity contribution in [1.29, 1.82) is 0 Å². The Kier molecular flexibility index (Phi) is 5.77. The standard InChI is InChI=1S/C26H28N2O/c1-2-25(29)27-18-20-28(21-19-27)26(22-12-6-3-7-13-22,23-14-8-4-9-15-23)24-16-10-5-11-17-24/h3-17H,2,18-21H2,1H3. The van der Waals surface area contributed by atoms with Gasteiger partial charge in [-0.25, -0.2) is 0 Å². The molecule has 0 spiro atoms. The minimum absolute atomic E-state index is 0.245. The van der Waals surface area contributed by atoms with Crippen LogP contribution in [-0.4, -0.2) is 41.9 Å². The van der Waals surface area contributed by atoms with Crippen LogP contribution in [0.4, 0.5) is 0 Å². The predicted octanol–water partition coefficient (Wildman–Crippen LogP) is 4.53. The Morgan fingerprint density at radius 3 is 1.41 bits per heavy atom. The molecule has 4 rings (SSSR count). The van der Waals surface area contributed by atoms with Crippen molar-refractivity contribution in [2.75, 3.05) is 26.2 Å². The summed E-state index contributed by atoms with van der Waals surface area (Å²) in [6.45, 7) is 5.15. The lowest BCUT2D eigenvalue weighted by Gasteiger charge is -2.49. The first kappa shape index (κ1) is 19.4. The molecule has 0 aromatic heterocycles. The van der Waals surface area contributed by atoms with Crippen molar-refractivity contribution >= 4 is 5.91 Å². The Morgan fingerprint density at radius 2 is 1.07 bits per heavy atom. The second-order valence-electron chi connectivity index (χ2n) is 7.53. The van der Waals surface area contributed by atoms with E-state index >= 15 is 0 Å². The molecule has 1 fully saturated rings. The van der Waals surface area contributed by atoms with E-state index in [9.17, 15) is 4.79 Å². The van der Waals surface area contributed by atoms with Crippen LogP contribution in [0.5, 0.6) is 0 Å². The highest BCUT2D eigenvalue weighted by molar-refractivity contribution is 5.75. The summed E-state index contributed by atoms with van der Waals surface area (Å²) in [6.07, 6.45) is 0.571. The van der Waals surface area contributed by atoms with Gasteiger partial charge in [-0.1, -0.05) is 97.9 Å². The maximum Gasteiger partial charge on any atom is 0.222 e. The fourth-order valence-electron chi connectivity index (χ4n) is 4.60. The minimum Gasteiger partial charge on any atom is -0.340 e. The van der Waals surface area contributed by atoms with Gasteiger partial charge < -0.3 is 4.90 Å². The summed E-state index contributed by atoms with van der Waals surface area (Å²) in [5.41, 5.74) is 3.39. The number of carbonyl (C=O) groups is 1. The fourth-order valence-corrected chi connectivity index (χ4v) is 4.60. The van der Waals surface area contributed by atoms with Gasteiger partial charge in [-0.3, -0.25) is 9.69 Å². The Labute approximate surface area is 173 Å². The van der Waals surface area contributed by atoms with E-state index in [1.54, 1.807) is 0 Å². The van der Waals surface area contributed by atoms with Crippen molar-refractivity contribution in [3.05, 3.63) is 108 Å². The van der Waals surface area contributed by atoms with E-state index in [1.807, 2.05) is 11.8 Å². The van der Waals surface area contributed by atoms with Crippen LogP contribution in [0.1, 0.15) is 30.0 Å². The van der Waals surface area contributed by atoms with Crippen LogP contribution in [0.2, 0.25) is 0 Å². The highest BCUT2D eigenvalue weighted by atomic mass is 16.2. The van der Waals surface area contributed by atoms with Crippen LogP contribution in [0.3, 0.4) is 0 Å². The lowest BCUT2D eigenvalue weighted by Crippen LogP contribution is -2.57. The molecule has 0 bridgehead atoms. The van der Waals surface area contributed by atoms with Gasteiger partial charge in [-0.2, -0.15) is 0 Å². The number of benzene rings is 3. The Morgan fingerprint density at radius 1 is 0.690 bits per heavy atom. The third-order valence-electron chi connectivity index (χ3n) is 5.98. The second-order valence-corrected chi connectivity index (χ2v) is 7.53. The van der Waals surface area contributed by atoms with Crippen LogP contribution >= 0.6 is 0 Å². The first-order valence-corrected chi connectivity index (χ1v) is 10.5. The van der Waals surface area contributed by atoms with Gasteiger partial charge in [-0.05, 0) is 16.7 Å². The van der Waals surface area contributed by atoms with E-state index in [2.05, 4.69) is 95.9 Å². The van der Waals surface area contributed by atoms with Gasteiger partial charge in [0.25, 0.3) is 0 Å². The van der Waals surface area contributed by atoms with Gasteiger partial charge >= 0.3 is 0 Å². The average Bonchev–Trinajstić information content (AvgIpc) is 2.82. The molecule has 0 radical (unpaired) electrons. The van der Waals surface area contributed by atoms with Gasteiger partial charge in [0.2, 0.25) is 5.91 Å². The van der Waals surface area contributed by atoms with Crippen LogP contribution in [0, 0.1) is 0 Å². The van der Waals surface area contributed by atoms with E-state index in [0.717, 1.165) is 26.2 Å². The van der Waals surface area contributed by atoms with Crippen LogP contribution in [0.15, 0.2) is 91.0 Å². The van der Waals surface area contributed by atoms with Gasteiger partial charge in [0.15, 0.2) is 0 Å². The van der Waals surface area contributed by atoms with Crippen molar-refractivity contribution < 1.29 is 4.79 Å². The summed E-state index contributed by atoms with van der Waals surface area (Å²) in [5.74, 6) is 0.245. The number of piperazine rings is 1. The SMILES string of the molecule is CCC(=O)N1CCN(C(c2ccccc2)(c2ccccc2)c2ccccc2)CC1. The topological polar surface area (TPSA) is 23.6 Å². The zero-order valence-corrected chi connectivity index (χ0v) is 17.0. The number of hydrogen-bond acceptors (Lipinski definition) is 2. The summed E-state index contributed by atoms with van der Waals surface area (Å²) in [4.78, 5) is 16.8. The summed E-state index contributed by atoms with van der Waals surface area (Å²) in [5, 5.41) is 0. The molecule has 0 unspecified atom stereocenters. The summed E-state index contributed by atoms with van der Waals surface area (Å²) < 4.78 is 0. The van der Waals surface area contributed by atoms with Crippen LogP contribution in [-0.2, 0) is 10.3 Å². The molecule has 1 amide bonds. The average molecular weight is 385 g/mol. The molecule has 1 aliphatic heterocycles. The Balaban J connectivity index is 1.86. The summed E-state index contributed by atoms with van der Waals surface area (Å²) in [7, 11) is 0. The molecule has 0 N–H and O–H groups in total. The quantitative estimate of drug-likeness (QED) is 0.603. The highest BCUT2D eigenvalue weighted by Gasteiger charge is 2.43. The number of rotatable bonds is 5. The van der Waals surface area contributed by atoms with Crippen molar-refractivity contribution in [3.8, 4) is 0 Å². The van der Waals surface area contributed by atoms with Gasteiger partial charge in [0.05, 0.1) is 5.54 Å². The van der Waals surface area contributed by atoms with Crippen molar-refractivity contribution in [2.45, 2.75) is 18.9 Å². The lowest BCUT2D eigenvalue weighted by molar-refractivity contribution is -0.133. The van der Waals surface area contributed by atoms with E-state index in [-0.39, 0.29) is 11.4 Å². The molecule has 0 atom stereocenters. The Hall–Kier alpha value is -2.91. The first-order valence-electron chi connectivity index (χ1n) is 10.5. The minimum atomic E-state index is -0.384. The van der Waals surface area contributed by atoms with E-state index < -0.39 is 0 Å². The molecule has 0 saturated carbocycles. The highest BCUT2D eigenvalue weighted by Crippen LogP contribution is 2.42. The largest absolute Gasteiger partial charge is 0.340 e.